The molecule has 41 heavy (non-hydrogen) atoms. The van der Waals surface area contributed by atoms with Crippen LogP contribution in [0.1, 0.15) is 64.4 Å². The van der Waals surface area contributed by atoms with Crippen molar-refractivity contribution in [2.75, 3.05) is 20.2 Å². The second-order valence-corrected chi connectivity index (χ2v) is 10.9. The van der Waals surface area contributed by atoms with E-state index in [0.29, 0.717) is 49.5 Å². The standard InChI is InChI=1S/C29H43N5O7/c1-4-19(2)25-29(39)34-16-8-6-10-24(34)28(38)30-22(9-5-7-15-33(40)18-35)26(36)31-23(27(37)32-25)17-20-11-13-21(41-3)14-12-20/h11-14,18-19,22-25,40H,4-10,15-17H2,1-3H3,(H,30,38)(H,31,36)(H,32,37)/t19-,22+,23-,24+,25+/m1/s1. The fraction of sp³-hybridized carbons (Fsp3) is 0.621. The molecule has 0 unspecified atom stereocenters. The number of hydrogen-bond acceptors (Lipinski definition) is 7. The molecule has 2 aliphatic heterocycles. The number of piperidine rings is 1. The van der Waals surface area contributed by atoms with E-state index in [2.05, 4.69) is 16.0 Å². The molecule has 5 amide bonds. The normalized spacial score (nSPS) is 24.5. The van der Waals surface area contributed by atoms with Gasteiger partial charge in [0.25, 0.3) is 0 Å². The number of carbonyl (C=O) groups is 5. The molecule has 5 atom stereocenters. The van der Waals surface area contributed by atoms with Crippen molar-refractivity contribution in [2.24, 2.45) is 5.92 Å². The second-order valence-electron chi connectivity index (χ2n) is 10.9. The van der Waals surface area contributed by atoms with Crippen LogP contribution in [-0.4, -0.2) is 89.6 Å². The maximum atomic E-state index is 13.8. The smallest absolute Gasteiger partial charge is 0.246 e. The van der Waals surface area contributed by atoms with E-state index in [9.17, 15) is 29.2 Å². The molecule has 0 saturated carbocycles. The summed E-state index contributed by atoms with van der Waals surface area (Å²) in [5, 5.41) is 18.5. The molecule has 2 saturated heterocycles. The summed E-state index contributed by atoms with van der Waals surface area (Å²) in [7, 11) is 1.56. The summed E-state index contributed by atoms with van der Waals surface area (Å²) in [6.45, 7) is 4.30. The zero-order chi connectivity index (χ0) is 29.9. The fourth-order valence-corrected chi connectivity index (χ4v) is 5.27. The largest absolute Gasteiger partial charge is 0.497 e. The predicted octanol–water partition coefficient (Wildman–Crippen LogP) is 1.15. The Hall–Kier alpha value is -3.67. The van der Waals surface area contributed by atoms with Gasteiger partial charge in [0.1, 0.15) is 29.9 Å². The molecule has 12 heteroatoms. The van der Waals surface area contributed by atoms with Crippen LogP contribution in [0.2, 0.25) is 0 Å². The lowest BCUT2D eigenvalue weighted by Gasteiger charge is -2.39. The van der Waals surface area contributed by atoms with Crippen LogP contribution in [0.4, 0.5) is 0 Å². The third kappa shape index (κ3) is 8.66. The van der Waals surface area contributed by atoms with Gasteiger partial charge in [0.15, 0.2) is 0 Å². The first-order chi connectivity index (χ1) is 19.7. The van der Waals surface area contributed by atoms with Gasteiger partial charge in [-0.3, -0.25) is 29.2 Å². The van der Waals surface area contributed by atoms with Crippen LogP contribution in [-0.2, 0) is 30.4 Å². The molecular formula is C29H43N5O7. The summed E-state index contributed by atoms with van der Waals surface area (Å²) in [4.78, 5) is 66.9. The van der Waals surface area contributed by atoms with E-state index in [1.165, 1.54) is 0 Å². The number of amides is 5. The molecule has 2 aliphatic rings. The highest BCUT2D eigenvalue weighted by Crippen LogP contribution is 2.22. The minimum absolute atomic E-state index is 0.0796. The molecule has 0 spiro atoms. The van der Waals surface area contributed by atoms with Crippen LogP contribution in [0, 0.1) is 5.92 Å². The number of nitrogens with one attached hydrogen (secondary N) is 3. The lowest BCUT2D eigenvalue weighted by Crippen LogP contribution is -2.64. The molecule has 1 aromatic carbocycles. The summed E-state index contributed by atoms with van der Waals surface area (Å²) in [5.41, 5.74) is 0.776. The zero-order valence-corrected chi connectivity index (χ0v) is 24.1. The number of unbranched alkanes of at least 4 members (excludes halogenated alkanes) is 1. The maximum absolute atomic E-state index is 13.8. The van der Waals surface area contributed by atoms with E-state index in [4.69, 9.17) is 4.74 Å². The van der Waals surface area contributed by atoms with Crippen LogP contribution in [0.25, 0.3) is 0 Å². The zero-order valence-electron chi connectivity index (χ0n) is 24.1. The van der Waals surface area contributed by atoms with Crippen molar-refractivity contribution < 1.29 is 33.9 Å². The molecule has 12 nitrogen and oxygen atoms in total. The summed E-state index contributed by atoms with van der Waals surface area (Å²) in [6.07, 6.45) is 4.11. The first kappa shape index (κ1) is 31.9. The highest BCUT2D eigenvalue weighted by atomic mass is 16.5. The van der Waals surface area contributed by atoms with Crippen LogP contribution in [0.5, 0.6) is 5.75 Å². The third-order valence-electron chi connectivity index (χ3n) is 7.98. The van der Waals surface area contributed by atoms with Crippen LogP contribution >= 0.6 is 0 Å². The van der Waals surface area contributed by atoms with Crippen molar-refractivity contribution in [3.05, 3.63) is 29.8 Å². The number of carbonyl (C=O) groups excluding carboxylic acids is 5. The molecule has 0 radical (unpaired) electrons. The monoisotopic (exact) mass is 573 g/mol. The second kappa shape index (κ2) is 15.4. The molecule has 0 aliphatic carbocycles. The van der Waals surface area contributed by atoms with E-state index in [1.54, 1.807) is 36.3 Å². The Morgan fingerprint density at radius 3 is 2.37 bits per heavy atom. The number of ether oxygens (including phenoxy) is 1. The molecular weight excluding hydrogens is 530 g/mol. The lowest BCUT2D eigenvalue weighted by molar-refractivity contribution is -0.150. The Kier molecular flexibility index (Phi) is 11.9. The number of methoxy groups -OCH3 is 1. The molecule has 226 valence electrons. The average Bonchev–Trinajstić information content (AvgIpc) is 2.99. The van der Waals surface area contributed by atoms with Crippen molar-refractivity contribution in [3.8, 4) is 5.75 Å². The fourth-order valence-electron chi connectivity index (χ4n) is 5.27. The van der Waals surface area contributed by atoms with Crippen molar-refractivity contribution >= 4 is 30.0 Å². The van der Waals surface area contributed by atoms with Gasteiger partial charge >= 0.3 is 0 Å². The summed E-state index contributed by atoms with van der Waals surface area (Å²) < 4.78 is 5.22. The van der Waals surface area contributed by atoms with Gasteiger partial charge in [-0.15, -0.1) is 0 Å². The quantitative estimate of drug-likeness (QED) is 0.134. The number of hydroxylamine groups is 2. The number of hydrogen-bond donors (Lipinski definition) is 4. The van der Waals surface area contributed by atoms with Crippen LogP contribution in [0.15, 0.2) is 24.3 Å². The lowest BCUT2D eigenvalue weighted by atomic mass is 9.93. The predicted molar refractivity (Wildman–Crippen MR) is 150 cm³/mol. The topological polar surface area (TPSA) is 157 Å². The highest BCUT2D eigenvalue weighted by Gasteiger charge is 2.40. The van der Waals surface area contributed by atoms with Crippen LogP contribution in [0.3, 0.4) is 0 Å². The van der Waals surface area contributed by atoms with E-state index < -0.39 is 41.9 Å². The molecule has 2 fully saturated rings. The average molecular weight is 574 g/mol. The van der Waals surface area contributed by atoms with E-state index in [0.717, 1.165) is 18.4 Å². The minimum atomic E-state index is -1.01. The van der Waals surface area contributed by atoms with Crippen molar-refractivity contribution in [1.82, 2.24) is 25.9 Å². The van der Waals surface area contributed by atoms with Crippen molar-refractivity contribution in [2.45, 2.75) is 89.4 Å². The Bertz CT molecular complexity index is 1070. The van der Waals surface area contributed by atoms with Gasteiger partial charge in [-0.05, 0) is 62.1 Å². The minimum Gasteiger partial charge on any atom is -0.497 e. The third-order valence-corrected chi connectivity index (χ3v) is 7.98. The SMILES string of the molecule is CC[C@@H](C)[C@@H]1NC(=O)[C@@H](Cc2ccc(OC)cc2)NC(=O)[C@H](CCCCN(O)C=O)NC(=O)[C@@H]2CCCCN2C1=O. The Labute approximate surface area is 241 Å². The van der Waals surface area contributed by atoms with Gasteiger partial charge < -0.3 is 25.6 Å². The van der Waals surface area contributed by atoms with Gasteiger partial charge in [-0.25, -0.2) is 5.06 Å². The van der Waals surface area contributed by atoms with Gasteiger partial charge in [0.05, 0.1) is 7.11 Å². The molecule has 3 rings (SSSR count). The van der Waals surface area contributed by atoms with E-state index in [1.807, 2.05) is 13.8 Å². The number of nitrogens with zero attached hydrogens (tertiary/aromatic N) is 2. The molecule has 2 heterocycles. The van der Waals surface area contributed by atoms with Crippen LogP contribution < -0.4 is 20.7 Å². The number of benzene rings is 1. The molecule has 0 aromatic heterocycles. The first-order valence-corrected chi connectivity index (χ1v) is 14.4. The van der Waals surface area contributed by atoms with E-state index >= 15 is 0 Å². The van der Waals surface area contributed by atoms with Crippen molar-refractivity contribution in [3.63, 3.8) is 0 Å². The number of rotatable bonds is 11. The Balaban J connectivity index is 1.93. The Morgan fingerprint density at radius 1 is 1.02 bits per heavy atom. The number of fused-ring (bicyclic) bond motifs is 1. The van der Waals surface area contributed by atoms with Crippen molar-refractivity contribution in [1.29, 1.82) is 0 Å². The van der Waals surface area contributed by atoms with Gasteiger partial charge in [-0.2, -0.15) is 0 Å². The summed E-state index contributed by atoms with van der Waals surface area (Å²) >= 11 is 0. The molecule has 4 N–H and O–H groups in total. The molecule has 0 bridgehead atoms. The highest BCUT2D eigenvalue weighted by molar-refractivity contribution is 5.97. The van der Waals surface area contributed by atoms with E-state index in [-0.39, 0.29) is 31.2 Å². The maximum Gasteiger partial charge on any atom is 0.246 e. The van der Waals surface area contributed by atoms with Gasteiger partial charge in [0, 0.05) is 19.5 Å². The van der Waals surface area contributed by atoms with Gasteiger partial charge in [-0.1, -0.05) is 32.4 Å². The summed E-state index contributed by atoms with van der Waals surface area (Å²) in [5.74, 6) is -1.24. The first-order valence-electron chi connectivity index (χ1n) is 14.4. The van der Waals surface area contributed by atoms with Gasteiger partial charge in [0.2, 0.25) is 30.0 Å². The molecule has 1 aromatic rings. The summed E-state index contributed by atoms with van der Waals surface area (Å²) in [6, 6.07) is 3.57. The Morgan fingerprint density at radius 2 is 1.71 bits per heavy atom.